The zero-order valence-electron chi connectivity index (χ0n) is 6.48. The summed E-state index contributed by atoms with van der Waals surface area (Å²) in [6.07, 6.45) is 6.09. The molecule has 2 saturated carbocycles. The minimum absolute atomic E-state index is 0.120. The number of rotatable bonds is 0. The standard InChI is InChI=1S/C9H13N/c1-8-2-4-9(6-8,7-10)5-3-8/h2-6H2,1H3. The van der Waals surface area contributed by atoms with Crippen LogP contribution < -0.4 is 0 Å². The molecule has 10 heavy (non-hydrogen) atoms. The van der Waals surface area contributed by atoms with Crippen molar-refractivity contribution < 1.29 is 0 Å². The van der Waals surface area contributed by atoms with Crippen LogP contribution in [0.1, 0.15) is 39.0 Å². The molecule has 0 atom stereocenters. The van der Waals surface area contributed by atoms with Gasteiger partial charge in [0.05, 0.1) is 11.5 Å². The second-order valence-electron chi connectivity index (χ2n) is 4.38. The number of hydrogen-bond acceptors (Lipinski definition) is 1. The van der Waals surface area contributed by atoms with Crippen molar-refractivity contribution in [3.05, 3.63) is 0 Å². The van der Waals surface area contributed by atoms with E-state index in [0.29, 0.717) is 5.41 Å². The highest BCUT2D eigenvalue weighted by molar-refractivity contribution is 5.12. The van der Waals surface area contributed by atoms with E-state index in [9.17, 15) is 0 Å². The third kappa shape index (κ3) is 0.624. The van der Waals surface area contributed by atoms with E-state index < -0.39 is 0 Å². The van der Waals surface area contributed by atoms with Crippen LogP contribution >= 0.6 is 0 Å². The van der Waals surface area contributed by atoms with Gasteiger partial charge in [-0.25, -0.2) is 0 Å². The van der Waals surface area contributed by atoms with E-state index in [4.69, 9.17) is 5.26 Å². The highest BCUT2D eigenvalue weighted by Gasteiger charge is 2.51. The van der Waals surface area contributed by atoms with E-state index in [2.05, 4.69) is 13.0 Å². The van der Waals surface area contributed by atoms with Crippen molar-refractivity contribution >= 4 is 0 Å². The Balaban J connectivity index is 2.29. The molecular weight excluding hydrogens is 122 g/mol. The molecule has 2 aliphatic carbocycles. The van der Waals surface area contributed by atoms with Crippen LogP contribution in [0.25, 0.3) is 0 Å². The van der Waals surface area contributed by atoms with E-state index in [1.165, 1.54) is 32.1 Å². The van der Waals surface area contributed by atoms with Crippen LogP contribution in [0.5, 0.6) is 0 Å². The Bertz CT molecular complexity index is 191. The van der Waals surface area contributed by atoms with Gasteiger partial charge >= 0.3 is 0 Å². The van der Waals surface area contributed by atoms with Gasteiger partial charge < -0.3 is 0 Å². The summed E-state index contributed by atoms with van der Waals surface area (Å²) in [5.41, 5.74) is 0.671. The first-order chi connectivity index (χ1) is 4.68. The van der Waals surface area contributed by atoms with Crippen molar-refractivity contribution in [1.82, 2.24) is 0 Å². The average Bonchev–Trinajstić information content (AvgIpc) is 2.42. The number of hydrogen-bond donors (Lipinski definition) is 0. The molecule has 2 aliphatic rings. The minimum atomic E-state index is 0.120. The molecular formula is C9H13N. The molecule has 0 heterocycles. The first-order valence-corrected chi connectivity index (χ1v) is 4.09. The maximum absolute atomic E-state index is 8.91. The van der Waals surface area contributed by atoms with E-state index in [1.54, 1.807) is 0 Å². The molecule has 0 amide bonds. The lowest BCUT2D eigenvalue weighted by atomic mass is 9.84. The van der Waals surface area contributed by atoms with Gasteiger partial charge in [0.1, 0.15) is 0 Å². The van der Waals surface area contributed by atoms with Crippen LogP contribution in [0.3, 0.4) is 0 Å². The normalized spacial score (nSPS) is 51.2. The van der Waals surface area contributed by atoms with Crippen molar-refractivity contribution in [2.75, 3.05) is 0 Å². The Morgan fingerprint density at radius 2 is 1.80 bits per heavy atom. The van der Waals surface area contributed by atoms with Crippen LogP contribution in [-0.2, 0) is 0 Å². The summed E-state index contributed by atoms with van der Waals surface area (Å²) in [4.78, 5) is 0. The molecule has 0 N–H and O–H groups in total. The number of fused-ring (bicyclic) bond motifs is 2. The molecule has 0 saturated heterocycles. The second-order valence-corrected chi connectivity index (χ2v) is 4.38. The maximum atomic E-state index is 8.91. The zero-order chi connectivity index (χ0) is 7.24. The highest BCUT2D eigenvalue weighted by Crippen LogP contribution is 2.60. The molecule has 1 nitrogen and oxygen atoms in total. The van der Waals surface area contributed by atoms with E-state index >= 15 is 0 Å². The van der Waals surface area contributed by atoms with E-state index in [0.717, 1.165) is 0 Å². The Morgan fingerprint density at radius 1 is 1.20 bits per heavy atom. The van der Waals surface area contributed by atoms with Gasteiger partial charge in [0, 0.05) is 0 Å². The average molecular weight is 135 g/mol. The number of nitriles is 1. The van der Waals surface area contributed by atoms with Crippen LogP contribution in [0.2, 0.25) is 0 Å². The van der Waals surface area contributed by atoms with Gasteiger partial charge in [0.15, 0.2) is 0 Å². The van der Waals surface area contributed by atoms with Crippen LogP contribution in [-0.4, -0.2) is 0 Å². The van der Waals surface area contributed by atoms with E-state index in [-0.39, 0.29) is 5.41 Å². The highest BCUT2D eigenvalue weighted by atomic mass is 14.6. The van der Waals surface area contributed by atoms with Crippen molar-refractivity contribution in [3.8, 4) is 6.07 Å². The fraction of sp³-hybridized carbons (Fsp3) is 0.889. The maximum Gasteiger partial charge on any atom is 0.0689 e. The predicted octanol–water partition coefficient (Wildman–Crippen LogP) is 2.48. The summed E-state index contributed by atoms with van der Waals surface area (Å²) in [6, 6.07) is 2.49. The van der Waals surface area contributed by atoms with Gasteiger partial charge in [-0.1, -0.05) is 6.92 Å². The molecule has 2 rings (SSSR count). The summed E-state index contributed by atoms with van der Waals surface area (Å²) in [6.45, 7) is 2.33. The smallest absolute Gasteiger partial charge is 0.0689 e. The molecule has 2 bridgehead atoms. The second kappa shape index (κ2) is 1.56. The first kappa shape index (κ1) is 6.22. The zero-order valence-corrected chi connectivity index (χ0v) is 6.48. The molecule has 0 aromatic rings. The Kier molecular flexibility index (Phi) is 0.968. The molecule has 0 radical (unpaired) electrons. The van der Waals surface area contributed by atoms with Crippen LogP contribution in [0.4, 0.5) is 0 Å². The molecule has 0 aromatic heterocycles. The molecule has 0 unspecified atom stereocenters. The van der Waals surface area contributed by atoms with Gasteiger partial charge in [0.2, 0.25) is 0 Å². The van der Waals surface area contributed by atoms with Crippen molar-refractivity contribution in [3.63, 3.8) is 0 Å². The topological polar surface area (TPSA) is 23.8 Å². The SMILES string of the molecule is CC12CCC(C#N)(CC1)C2. The predicted molar refractivity (Wildman–Crippen MR) is 39.2 cm³/mol. The molecule has 0 spiro atoms. The van der Waals surface area contributed by atoms with Gasteiger partial charge in [0.25, 0.3) is 0 Å². The van der Waals surface area contributed by atoms with Crippen molar-refractivity contribution in [2.24, 2.45) is 10.8 Å². The lowest BCUT2D eigenvalue weighted by Gasteiger charge is -2.20. The molecule has 0 aromatic carbocycles. The molecule has 2 fully saturated rings. The van der Waals surface area contributed by atoms with Crippen molar-refractivity contribution in [1.29, 1.82) is 5.26 Å². The minimum Gasteiger partial charge on any atom is -0.198 e. The van der Waals surface area contributed by atoms with Gasteiger partial charge in [-0.15, -0.1) is 0 Å². The third-order valence-corrected chi connectivity index (χ3v) is 3.42. The monoisotopic (exact) mass is 135 g/mol. The summed E-state index contributed by atoms with van der Waals surface area (Å²) in [5.74, 6) is 0. The third-order valence-electron chi connectivity index (χ3n) is 3.42. The summed E-state index contributed by atoms with van der Waals surface area (Å²) in [7, 11) is 0. The van der Waals surface area contributed by atoms with Crippen LogP contribution in [0, 0.1) is 22.2 Å². The lowest BCUT2D eigenvalue weighted by Crippen LogP contribution is -2.10. The van der Waals surface area contributed by atoms with Gasteiger partial charge in [-0.2, -0.15) is 5.26 Å². The fourth-order valence-electron chi connectivity index (χ4n) is 2.65. The first-order valence-electron chi connectivity index (χ1n) is 4.09. The quantitative estimate of drug-likeness (QED) is 0.500. The molecule has 0 aliphatic heterocycles. The molecule has 54 valence electrons. The lowest BCUT2D eigenvalue weighted by molar-refractivity contribution is 0.325. The summed E-state index contributed by atoms with van der Waals surface area (Å²) < 4.78 is 0. The summed E-state index contributed by atoms with van der Waals surface area (Å²) in [5, 5.41) is 8.91. The largest absolute Gasteiger partial charge is 0.198 e. The van der Waals surface area contributed by atoms with E-state index in [1.807, 2.05) is 0 Å². The Labute approximate surface area is 62.0 Å². The van der Waals surface area contributed by atoms with Gasteiger partial charge in [-0.05, 0) is 37.5 Å². The Morgan fingerprint density at radius 3 is 2.00 bits per heavy atom. The fourth-order valence-corrected chi connectivity index (χ4v) is 2.65. The van der Waals surface area contributed by atoms with Crippen molar-refractivity contribution in [2.45, 2.75) is 39.0 Å². The Hall–Kier alpha value is -0.510. The summed E-state index contributed by atoms with van der Waals surface area (Å²) >= 11 is 0. The molecule has 1 heteroatoms. The van der Waals surface area contributed by atoms with Crippen LogP contribution in [0.15, 0.2) is 0 Å². The van der Waals surface area contributed by atoms with Gasteiger partial charge in [-0.3, -0.25) is 0 Å². The number of nitrogens with zero attached hydrogens (tertiary/aromatic N) is 1.